The van der Waals surface area contributed by atoms with E-state index in [1.807, 2.05) is 6.07 Å². The highest BCUT2D eigenvalue weighted by atomic mass is 15.1. The molecule has 0 radical (unpaired) electrons. The maximum Gasteiger partial charge on any atom is 0.153 e. The molecule has 0 fully saturated rings. The van der Waals surface area contributed by atoms with Crippen molar-refractivity contribution >= 4 is 5.82 Å². The fourth-order valence-electron chi connectivity index (χ4n) is 1.87. The first-order valence-corrected chi connectivity index (χ1v) is 5.94. The van der Waals surface area contributed by atoms with Crippen LogP contribution in [0.3, 0.4) is 0 Å². The molecule has 18 heavy (non-hydrogen) atoms. The van der Waals surface area contributed by atoms with E-state index in [9.17, 15) is 0 Å². The quantitative estimate of drug-likeness (QED) is 0.835. The van der Waals surface area contributed by atoms with Crippen LogP contribution in [0.4, 0.5) is 5.82 Å². The van der Waals surface area contributed by atoms with E-state index >= 15 is 0 Å². The van der Waals surface area contributed by atoms with Crippen molar-refractivity contribution in [2.45, 2.75) is 33.1 Å². The molecule has 0 saturated carbocycles. The van der Waals surface area contributed by atoms with Crippen molar-refractivity contribution in [3.63, 3.8) is 0 Å². The molecule has 4 heteroatoms. The maximum atomic E-state index is 5.83. The van der Waals surface area contributed by atoms with Gasteiger partial charge in [-0.15, -0.1) is 10.2 Å². The number of rotatable bonds is 1. The van der Waals surface area contributed by atoms with Crippen molar-refractivity contribution in [3.05, 3.63) is 35.7 Å². The second kappa shape index (κ2) is 4.37. The summed E-state index contributed by atoms with van der Waals surface area (Å²) in [5.74, 6) is 0.414. The smallest absolute Gasteiger partial charge is 0.153 e. The number of nitrogens with zero attached hydrogens (tertiary/aromatic N) is 3. The summed E-state index contributed by atoms with van der Waals surface area (Å²) in [6.45, 7) is 8.64. The van der Waals surface area contributed by atoms with Crippen molar-refractivity contribution < 1.29 is 0 Å². The van der Waals surface area contributed by atoms with Gasteiger partial charge in [0.15, 0.2) is 5.82 Å². The third-order valence-corrected chi connectivity index (χ3v) is 3.00. The SMILES string of the molecule is Cc1cc(C(C)(C)C)ccc1-c1nncnc1N. The third kappa shape index (κ3) is 2.32. The topological polar surface area (TPSA) is 64.7 Å². The minimum absolute atomic E-state index is 0.134. The molecule has 1 aromatic heterocycles. The van der Waals surface area contributed by atoms with Crippen molar-refractivity contribution in [2.24, 2.45) is 0 Å². The van der Waals surface area contributed by atoms with Crippen molar-refractivity contribution in [1.29, 1.82) is 0 Å². The van der Waals surface area contributed by atoms with Gasteiger partial charge in [-0.1, -0.05) is 39.0 Å². The molecule has 0 aliphatic heterocycles. The zero-order valence-electron chi connectivity index (χ0n) is 11.2. The molecule has 2 aromatic rings. The zero-order chi connectivity index (χ0) is 13.3. The molecule has 0 amide bonds. The number of hydrogen-bond acceptors (Lipinski definition) is 4. The van der Waals surface area contributed by atoms with Gasteiger partial charge in [0.05, 0.1) is 0 Å². The molecule has 2 rings (SSSR count). The van der Waals surface area contributed by atoms with Gasteiger partial charge >= 0.3 is 0 Å². The van der Waals surface area contributed by atoms with Crippen LogP contribution in [0.5, 0.6) is 0 Å². The minimum atomic E-state index is 0.134. The Kier molecular flexibility index (Phi) is 3.03. The van der Waals surface area contributed by atoms with Crippen LogP contribution in [-0.2, 0) is 5.41 Å². The number of aryl methyl sites for hydroxylation is 1. The predicted molar refractivity (Wildman–Crippen MR) is 73.1 cm³/mol. The van der Waals surface area contributed by atoms with E-state index < -0.39 is 0 Å². The summed E-state index contributed by atoms with van der Waals surface area (Å²) in [4.78, 5) is 3.97. The molecule has 2 N–H and O–H groups in total. The highest BCUT2D eigenvalue weighted by Gasteiger charge is 2.16. The first-order chi connectivity index (χ1) is 8.39. The lowest BCUT2D eigenvalue weighted by Crippen LogP contribution is -2.11. The molecule has 94 valence electrons. The molecule has 0 bridgehead atoms. The molecule has 0 aliphatic carbocycles. The van der Waals surface area contributed by atoms with Crippen LogP contribution in [-0.4, -0.2) is 15.2 Å². The zero-order valence-corrected chi connectivity index (χ0v) is 11.2. The van der Waals surface area contributed by atoms with E-state index in [0.717, 1.165) is 11.1 Å². The third-order valence-electron chi connectivity index (χ3n) is 3.00. The van der Waals surface area contributed by atoms with Crippen LogP contribution in [0, 0.1) is 6.92 Å². The predicted octanol–water partition coefficient (Wildman–Crippen LogP) is 2.73. The summed E-state index contributed by atoms with van der Waals surface area (Å²) in [6, 6.07) is 6.32. The van der Waals surface area contributed by atoms with Gasteiger partial charge in [-0.3, -0.25) is 0 Å². The minimum Gasteiger partial charge on any atom is -0.382 e. The number of benzene rings is 1. The molecule has 0 saturated heterocycles. The normalized spacial score (nSPS) is 11.6. The second-order valence-electron chi connectivity index (χ2n) is 5.47. The van der Waals surface area contributed by atoms with Crippen LogP contribution in [0.2, 0.25) is 0 Å². The first-order valence-electron chi connectivity index (χ1n) is 5.94. The molecule has 0 aliphatic rings. The molecular formula is C14H18N4. The second-order valence-corrected chi connectivity index (χ2v) is 5.47. The lowest BCUT2D eigenvalue weighted by molar-refractivity contribution is 0.590. The van der Waals surface area contributed by atoms with Gasteiger partial charge in [-0.05, 0) is 23.5 Å². The van der Waals surface area contributed by atoms with Crippen LogP contribution >= 0.6 is 0 Å². The van der Waals surface area contributed by atoms with E-state index in [2.05, 4.69) is 55.0 Å². The number of nitrogens with two attached hydrogens (primary N) is 1. The van der Waals surface area contributed by atoms with E-state index in [-0.39, 0.29) is 5.41 Å². The summed E-state index contributed by atoms with van der Waals surface area (Å²) in [5.41, 5.74) is 10.0. The Morgan fingerprint density at radius 1 is 1.17 bits per heavy atom. The van der Waals surface area contributed by atoms with Gasteiger partial charge in [-0.25, -0.2) is 4.98 Å². The number of aromatic nitrogens is 3. The van der Waals surface area contributed by atoms with Crippen molar-refractivity contribution in [3.8, 4) is 11.3 Å². The highest BCUT2D eigenvalue weighted by Crippen LogP contribution is 2.29. The Labute approximate surface area is 107 Å². The van der Waals surface area contributed by atoms with Gasteiger partial charge in [0.1, 0.15) is 12.0 Å². The standard InChI is InChI=1S/C14H18N4/c1-9-7-10(14(2,3)4)5-6-11(9)12-13(15)16-8-17-18-12/h5-8H,1-4H3,(H2,15,16,17). The monoisotopic (exact) mass is 242 g/mol. The fraction of sp³-hybridized carbons (Fsp3) is 0.357. The highest BCUT2D eigenvalue weighted by molar-refractivity contribution is 5.72. The molecular weight excluding hydrogens is 224 g/mol. The summed E-state index contributed by atoms with van der Waals surface area (Å²) in [5, 5.41) is 7.86. The Bertz CT molecular complexity index is 570. The molecule has 0 unspecified atom stereocenters. The number of hydrogen-bond donors (Lipinski definition) is 1. The van der Waals surface area contributed by atoms with Gasteiger partial charge in [0.25, 0.3) is 0 Å². The fourth-order valence-corrected chi connectivity index (χ4v) is 1.87. The lowest BCUT2D eigenvalue weighted by Gasteiger charge is -2.20. The molecule has 4 nitrogen and oxygen atoms in total. The number of nitrogen functional groups attached to an aromatic ring is 1. The van der Waals surface area contributed by atoms with E-state index in [0.29, 0.717) is 11.5 Å². The molecule has 1 aromatic carbocycles. The average molecular weight is 242 g/mol. The molecule has 0 atom stereocenters. The summed E-state index contributed by atoms with van der Waals surface area (Å²) in [7, 11) is 0. The Morgan fingerprint density at radius 3 is 2.44 bits per heavy atom. The van der Waals surface area contributed by atoms with Gasteiger partial charge in [0.2, 0.25) is 0 Å². The average Bonchev–Trinajstić information content (AvgIpc) is 2.29. The van der Waals surface area contributed by atoms with Gasteiger partial charge < -0.3 is 5.73 Å². The summed E-state index contributed by atoms with van der Waals surface area (Å²) < 4.78 is 0. The molecule has 0 spiro atoms. The van der Waals surface area contributed by atoms with Gasteiger partial charge in [0, 0.05) is 5.56 Å². The first kappa shape index (κ1) is 12.5. The Hall–Kier alpha value is -1.97. The van der Waals surface area contributed by atoms with E-state index in [1.54, 1.807) is 0 Å². The largest absolute Gasteiger partial charge is 0.382 e. The van der Waals surface area contributed by atoms with Gasteiger partial charge in [-0.2, -0.15) is 0 Å². The van der Waals surface area contributed by atoms with E-state index in [4.69, 9.17) is 5.73 Å². The number of anilines is 1. The summed E-state index contributed by atoms with van der Waals surface area (Å²) in [6.07, 6.45) is 1.36. The van der Waals surface area contributed by atoms with Crippen molar-refractivity contribution in [2.75, 3.05) is 5.73 Å². The van der Waals surface area contributed by atoms with Crippen LogP contribution in [0.15, 0.2) is 24.5 Å². The molecule has 1 heterocycles. The van der Waals surface area contributed by atoms with Crippen molar-refractivity contribution in [1.82, 2.24) is 15.2 Å². The summed E-state index contributed by atoms with van der Waals surface area (Å²) >= 11 is 0. The Balaban J connectivity index is 2.52. The van der Waals surface area contributed by atoms with Crippen LogP contribution in [0.25, 0.3) is 11.3 Å². The van der Waals surface area contributed by atoms with E-state index in [1.165, 1.54) is 11.9 Å². The lowest BCUT2D eigenvalue weighted by atomic mass is 9.85. The maximum absolute atomic E-state index is 5.83. The van der Waals surface area contributed by atoms with Crippen LogP contribution < -0.4 is 5.73 Å². The Morgan fingerprint density at radius 2 is 1.89 bits per heavy atom. The van der Waals surface area contributed by atoms with Crippen LogP contribution in [0.1, 0.15) is 31.9 Å².